The van der Waals surface area contributed by atoms with Crippen LogP contribution in [0.5, 0.6) is 0 Å². The Hall–Kier alpha value is -0.290. The molecule has 0 saturated carbocycles. The predicted molar refractivity (Wildman–Crippen MR) is 76.3 cm³/mol. The van der Waals surface area contributed by atoms with Crippen LogP contribution in [0.3, 0.4) is 0 Å². The lowest BCUT2D eigenvalue weighted by Gasteiger charge is -2.28. The molecule has 0 fully saturated rings. The molecule has 3 nitrogen and oxygen atoms in total. The summed E-state index contributed by atoms with van der Waals surface area (Å²) in [6.45, 7) is 5.71. The minimum absolute atomic E-state index is 0. The number of halogens is 3. The molecule has 6 heteroatoms. The molecule has 1 aromatic rings. The van der Waals surface area contributed by atoms with Crippen molar-refractivity contribution in [1.82, 2.24) is 9.95 Å². The molecule has 1 rings (SSSR count). The van der Waals surface area contributed by atoms with Gasteiger partial charge in [0, 0.05) is 27.4 Å². The van der Waals surface area contributed by atoms with Gasteiger partial charge in [0.25, 0.3) is 5.91 Å². The van der Waals surface area contributed by atoms with E-state index in [4.69, 9.17) is 11.8 Å². The van der Waals surface area contributed by atoms with E-state index in [0.29, 0.717) is 5.56 Å². The van der Waals surface area contributed by atoms with Gasteiger partial charge in [-0.2, -0.15) is 0 Å². The highest BCUT2D eigenvalue weighted by Crippen LogP contribution is 2.14. The van der Waals surface area contributed by atoms with Gasteiger partial charge in [-0.1, -0.05) is 15.9 Å². The average molecular weight is 342 g/mol. The zero-order valence-electron chi connectivity index (χ0n) is 9.83. The Morgan fingerprint density at radius 1 is 1.29 bits per heavy atom. The first-order valence-electron chi connectivity index (χ1n) is 4.83. The number of hydrogen-bond acceptors (Lipinski definition) is 2. The monoisotopic (exact) mass is 340 g/mol. The molecule has 1 aromatic carbocycles. The smallest absolute Gasteiger partial charge is 0.266 e. The van der Waals surface area contributed by atoms with Crippen LogP contribution < -0.4 is 5.43 Å². The second-order valence-corrected chi connectivity index (χ2v) is 5.65. The maximum absolute atomic E-state index is 11.8. The van der Waals surface area contributed by atoms with Crippen LogP contribution in [0.15, 0.2) is 28.7 Å². The molecule has 1 amide bonds. The van der Waals surface area contributed by atoms with Crippen LogP contribution >= 0.6 is 40.1 Å². The molecule has 1 N–H and O–H groups in total. The zero-order chi connectivity index (χ0) is 12.3. The Kier molecular flexibility index (Phi) is 6.48. The van der Waals surface area contributed by atoms with Crippen LogP contribution in [0.4, 0.5) is 0 Å². The van der Waals surface area contributed by atoms with E-state index >= 15 is 0 Å². The molecule has 0 saturated heterocycles. The van der Waals surface area contributed by atoms with Crippen LogP contribution in [0.2, 0.25) is 0 Å². The zero-order valence-corrected chi connectivity index (χ0v) is 13.0. The number of hydrazine groups is 1. The van der Waals surface area contributed by atoms with Crippen molar-refractivity contribution in [3.8, 4) is 0 Å². The molecule has 0 atom stereocenters. The van der Waals surface area contributed by atoms with Gasteiger partial charge in [0.2, 0.25) is 0 Å². The minimum Gasteiger partial charge on any atom is -0.270 e. The first-order valence-corrected chi connectivity index (χ1v) is 5.96. The van der Waals surface area contributed by atoms with Gasteiger partial charge in [-0.25, -0.2) is 0 Å². The highest BCUT2D eigenvalue weighted by molar-refractivity contribution is 9.10. The van der Waals surface area contributed by atoms with E-state index < -0.39 is 0 Å². The van der Waals surface area contributed by atoms with Crippen LogP contribution in [-0.2, 0) is 0 Å². The van der Waals surface area contributed by atoms with Crippen molar-refractivity contribution < 1.29 is 4.79 Å². The molecule has 0 aromatic heterocycles. The number of carbonyl (C=O) groups excluding carboxylic acids is 1. The summed E-state index contributed by atoms with van der Waals surface area (Å²) in [5.74, 6) is -0.225. The van der Waals surface area contributed by atoms with Crippen molar-refractivity contribution in [3.05, 3.63) is 34.3 Å². The van der Waals surface area contributed by atoms with Crippen LogP contribution in [0, 0.1) is 0 Å². The molecular formula is C11H15BrCl2N2O. The molecule has 0 aliphatic rings. The van der Waals surface area contributed by atoms with Crippen molar-refractivity contribution in [1.29, 1.82) is 0 Å². The van der Waals surface area contributed by atoms with Gasteiger partial charge in [-0.05, 0) is 45.0 Å². The topological polar surface area (TPSA) is 32.3 Å². The highest BCUT2D eigenvalue weighted by atomic mass is 79.9. The second kappa shape index (κ2) is 6.59. The Morgan fingerprint density at radius 2 is 1.76 bits per heavy atom. The number of hydrogen-bond donors (Lipinski definition) is 1. The Morgan fingerprint density at radius 3 is 2.18 bits per heavy atom. The van der Waals surface area contributed by atoms with Gasteiger partial charge in [-0.15, -0.1) is 16.9 Å². The molecule has 0 bridgehead atoms. The first kappa shape index (κ1) is 16.7. The number of nitrogens with zero attached hydrogens (tertiary/aromatic N) is 1. The normalized spacial score (nSPS) is 10.9. The van der Waals surface area contributed by atoms with E-state index in [0.717, 1.165) is 4.47 Å². The lowest BCUT2D eigenvalue weighted by Crippen LogP contribution is -2.46. The van der Waals surface area contributed by atoms with Crippen LogP contribution in [0.25, 0.3) is 0 Å². The van der Waals surface area contributed by atoms with E-state index in [1.807, 2.05) is 32.9 Å². The second-order valence-electron chi connectivity index (χ2n) is 4.40. The summed E-state index contributed by atoms with van der Waals surface area (Å²) in [5.41, 5.74) is 2.84. The molecule has 96 valence electrons. The predicted octanol–water partition coefficient (Wildman–Crippen LogP) is 3.77. The molecule has 0 heterocycles. The molecule has 0 radical (unpaired) electrons. The average Bonchev–Trinajstić information content (AvgIpc) is 2.17. The number of nitrogens with one attached hydrogen (secondary N) is 1. The lowest BCUT2D eigenvalue weighted by molar-refractivity contribution is 0.0806. The molecule has 0 aliphatic heterocycles. The van der Waals surface area contributed by atoms with Gasteiger partial charge in [0.05, 0.1) is 0 Å². The van der Waals surface area contributed by atoms with Gasteiger partial charge in [0.1, 0.15) is 0 Å². The largest absolute Gasteiger partial charge is 0.270 e. The summed E-state index contributed by atoms with van der Waals surface area (Å²) < 4.78 is 2.21. The SMILES string of the molecule is CC(C)(C)N(Cl)NC(=O)c1ccc(Br)cc1.Cl. The number of amides is 1. The summed E-state index contributed by atoms with van der Waals surface area (Å²) in [4.78, 5) is 11.8. The number of carbonyl (C=O) groups is 1. The van der Waals surface area contributed by atoms with E-state index in [1.165, 1.54) is 4.53 Å². The fraction of sp³-hybridized carbons (Fsp3) is 0.364. The summed E-state index contributed by atoms with van der Waals surface area (Å²) >= 11 is 9.23. The fourth-order valence-electron chi connectivity index (χ4n) is 0.923. The summed E-state index contributed by atoms with van der Waals surface area (Å²) in [5, 5.41) is 0. The number of benzene rings is 1. The van der Waals surface area contributed by atoms with Crippen molar-refractivity contribution >= 4 is 46.0 Å². The van der Waals surface area contributed by atoms with Crippen molar-refractivity contribution in [2.24, 2.45) is 0 Å². The van der Waals surface area contributed by atoms with Gasteiger partial charge in [0.15, 0.2) is 0 Å². The lowest BCUT2D eigenvalue weighted by atomic mass is 10.1. The third-order valence-corrected chi connectivity index (χ3v) is 3.02. The Bertz CT molecular complexity index is 376. The third-order valence-electron chi connectivity index (χ3n) is 1.90. The maximum atomic E-state index is 11.8. The van der Waals surface area contributed by atoms with Gasteiger partial charge < -0.3 is 0 Å². The number of rotatable bonds is 2. The molecule has 0 spiro atoms. The summed E-state index contributed by atoms with van der Waals surface area (Å²) in [6, 6.07) is 7.08. The third kappa shape index (κ3) is 5.25. The van der Waals surface area contributed by atoms with Crippen molar-refractivity contribution in [2.75, 3.05) is 0 Å². The first-order chi connectivity index (χ1) is 7.30. The van der Waals surface area contributed by atoms with E-state index in [2.05, 4.69) is 21.4 Å². The maximum Gasteiger partial charge on any atom is 0.266 e. The van der Waals surface area contributed by atoms with Crippen LogP contribution in [-0.4, -0.2) is 16.0 Å². The van der Waals surface area contributed by atoms with E-state index in [-0.39, 0.29) is 23.9 Å². The van der Waals surface area contributed by atoms with Crippen molar-refractivity contribution in [2.45, 2.75) is 26.3 Å². The fourth-order valence-corrected chi connectivity index (χ4v) is 1.26. The molecular weight excluding hydrogens is 327 g/mol. The van der Waals surface area contributed by atoms with Gasteiger partial charge in [-0.3, -0.25) is 10.2 Å². The minimum atomic E-state index is -0.327. The van der Waals surface area contributed by atoms with Gasteiger partial charge >= 0.3 is 0 Å². The van der Waals surface area contributed by atoms with Crippen molar-refractivity contribution in [3.63, 3.8) is 0 Å². The van der Waals surface area contributed by atoms with E-state index in [1.54, 1.807) is 12.1 Å². The Labute approximate surface area is 121 Å². The highest BCUT2D eigenvalue weighted by Gasteiger charge is 2.21. The summed E-state index contributed by atoms with van der Waals surface area (Å²) in [7, 11) is 0. The molecule has 0 unspecified atom stereocenters. The Balaban J connectivity index is 0.00000256. The standard InChI is InChI=1S/C11H14BrClN2O.ClH/c1-11(2,3)15(13)14-10(16)8-4-6-9(12)7-5-8;/h4-7H,1-3H3,(H,14,16);1H. The quantitative estimate of drug-likeness (QED) is 0.656. The van der Waals surface area contributed by atoms with E-state index in [9.17, 15) is 4.79 Å². The molecule has 0 aliphatic carbocycles. The molecule has 17 heavy (non-hydrogen) atoms. The summed E-state index contributed by atoms with van der Waals surface area (Å²) in [6.07, 6.45) is 0. The van der Waals surface area contributed by atoms with Crippen LogP contribution in [0.1, 0.15) is 31.1 Å².